The van der Waals surface area contributed by atoms with Crippen molar-refractivity contribution < 1.29 is 14.4 Å². The van der Waals surface area contributed by atoms with E-state index in [4.69, 9.17) is 15.5 Å². The summed E-state index contributed by atoms with van der Waals surface area (Å²) in [6, 6.07) is 0. The fraction of sp³-hybridized carbons (Fsp3) is 1.00. The first-order chi connectivity index (χ1) is 5.98. The van der Waals surface area contributed by atoms with E-state index in [1.807, 2.05) is 0 Å². The highest BCUT2D eigenvalue weighted by molar-refractivity contribution is 7.99. The van der Waals surface area contributed by atoms with E-state index in [2.05, 4.69) is 6.92 Å². The second-order valence-electron chi connectivity index (χ2n) is 2.91. The number of hydrogen-bond donors (Lipinski definition) is 3. The number of thioether (sulfide) groups is 1. The molecular formula is C7H18NO3PS. The smallest absolute Gasteiger partial charge is 0.323 e. The Labute approximate surface area is 83.4 Å². The average Bonchev–Trinajstić information content (AvgIpc) is 2.02. The Morgan fingerprint density at radius 1 is 1.46 bits per heavy atom. The second kappa shape index (κ2) is 6.85. The van der Waals surface area contributed by atoms with Crippen LogP contribution in [0.2, 0.25) is 0 Å². The molecule has 0 saturated heterocycles. The molecule has 13 heavy (non-hydrogen) atoms. The van der Waals surface area contributed by atoms with Gasteiger partial charge in [-0.3, -0.25) is 4.57 Å². The van der Waals surface area contributed by atoms with Gasteiger partial charge < -0.3 is 15.5 Å². The van der Waals surface area contributed by atoms with Gasteiger partial charge in [0, 0.05) is 0 Å². The molecule has 0 unspecified atom stereocenters. The first-order valence-electron chi connectivity index (χ1n) is 4.37. The molecule has 0 saturated carbocycles. The summed E-state index contributed by atoms with van der Waals surface area (Å²) in [5.41, 5.74) is 5.29. The number of rotatable bonds is 7. The second-order valence-corrected chi connectivity index (χ2v) is 5.98. The quantitative estimate of drug-likeness (QED) is 0.452. The largest absolute Gasteiger partial charge is 0.342 e. The predicted molar refractivity (Wildman–Crippen MR) is 56.9 cm³/mol. The Morgan fingerprint density at radius 2 is 2.08 bits per heavy atom. The maximum absolute atomic E-state index is 10.6. The van der Waals surface area contributed by atoms with Gasteiger partial charge in [0.15, 0.2) is 0 Å². The van der Waals surface area contributed by atoms with E-state index in [-0.39, 0.29) is 0 Å². The van der Waals surface area contributed by atoms with Gasteiger partial charge >= 0.3 is 7.60 Å². The average molecular weight is 227 g/mol. The van der Waals surface area contributed by atoms with Crippen LogP contribution >= 0.6 is 19.4 Å². The zero-order chi connectivity index (χ0) is 10.3. The molecule has 0 rings (SSSR count). The molecule has 0 radical (unpaired) electrons. The van der Waals surface area contributed by atoms with Crippen molar-refractivity contribution in [1.29, 1.82) is 0 Å². The Morgan fingerprint density at radius 3 is 2.54 bits per heavy atom. The van der Waals surface area contributed by atoms with E-state index in [0.29, 0.717) is 6.42 Å². The fourth-order valence-corrected chi connectivity index (χ4v) is 2.48. The Kier molecular flexibility index (Phi) is 7.09. The minimum Gasteiger partial charge on any atom is -0.323 e. The maximum atomic E-state index is 10.6. The third-order valence-corrected chi connectivity index (χ3v) is 3.86. The molecule has 0 bridgehead atoms. The van der Waals surface area contributed by atoms with Crippen molar-refractivity contribution >= 4 is 19.4 Å². The molecule has 0 amide bonds. The highest BCUT2D eigenvalue weighted by atomic mass is 32.2. The van der Waals surface area contributed by atoms with Crippen LogP contribution in [0.4, 0.5) is 0 Å². The van der Waals surface area contributed by atoms with E-state index in [9.17, 15) is 4.57 Å². The summed E-state index contributed by atoms with van der Waals surface area (Å²) < 4.78 is 10.6. The van der Waals surface area contributed by atoms with Crippen LogP contribution in [-0.2, 0) is 4.57 Å². The first-order valence-corrected chi connectivity index (χ1v) is 7.20. The lowest BCUT2D eigenvalue weighted by molar-refractivity contribution is 0.357. The molecule has 0 aliphatic heterocycles. The topological polar surface area (TPSA) is 83.6 Å². The van der Waals surface area contributed by atoms with Gasteiger partial charge in [-0.2, -0.15) is 11.8 Å². The van der Waals surface area contributed by atoms with Crippen molar-refractivity contribution in [2.75, 3.05) is 11.5 Å². The van der Waals surface area contributed by atoms with Crippen LogP contribution in [0.25, 0.3) is 0 Å². The lowest BCUT2D eigenvalue weighted by Gasteiger charge is -2.12. The first kappa shape index (κ1) is 13.5. The van der Waals surface area contributed by atoms with Crippen LogP contribution in [-0.4, -0.2) is 27.1 Å². The lowest BCUT2D eigenvalue weighted by atomic mass is 10.4. The van der Waals surface area contributed by atoms with E-state index in [0.717, 1.165) is 24.3 Å². The van der Waals surface area contributed by atoms with E-state index in [1.54, 1.807) is 11.8 Å². The Hall–Kier alpha value is 0.460. The van der Waals surface area contributed by atoms with Gasteiger partial charge in [-0.15, -0.1) is 0 Å². The predicted octanol–water partition coefficient (Wildman–Crippen LogP) is 1.37. The molecule has 80 valence electrons. The third kappa shape index (κ3) is 7.52. The monoisotopic (exact) mass is 227 g/mol. The van der Waals surface area contributed by atoms with Gasteiger partial charge in [0.25, 0.3) is 0 Å². The summed E-state index contributed by atoms with van der Waals surface area (Å²) in [7, 11) is -4.05. The summed E-state index contributed by atoms with van der Waals surface area (Å²) in [4.78, 5) is 17.3. The summed E-state index contributed by atoms with van der Waals surface area (Å²) in [5.74, 6) is 0.790. The molecule has 0 fully saturated rings. The fourth-order valence-electron chi connectivity index (χ4n) is 0.721. The summed E-state index contributed by atoms with van der Waals surface area (Å²) >= 11 is 1.70. The van der Waals surface area contributed by atoms with E-state index in [1.165, 1.54) is 0 Å². The van der Waals surface area contributed by atoms with Crippen molar-refractivity contribution in [2.24, 2.45) is 5.73 Å². The Bertz CT molecular complexity index is 173. The van der Waals surface area contributed by atoms with Crippen LogP contribution in [0.3, 0.4) is 0 Å². The van der Waals surface area contributed by atoms with Crippen LogP contribution < -0.4 is 5.73 Å². The highest BCUT2D eigenvalue weighted by Gasteiger charge is 2.23. The summed E-state index contributed by atoms with van der Waals surface area (Å²) in [6.45, 7) is 2.11. The van der Waals surface area contributed by atoms with Crippen molar-refractivity contribution in [1.82, 2.24) is 0 Å². The molecule has 6 heteroatoms. The standard InChI is InChI=1S/C7H18NO3PS/c1-2-3-5-13-6-4-7(8)12(9,10)11/h7H,2-6,8H2,1H3,(H2,9,10,11)/t7-/m1/s1. The van der Waals surface area contributed by atoms with Gasteiger partial charge in [0.05, 0.1) is 0 Å². The van der Waals surface area contributed by atoms with Crippen molar-refractivity contribution in [2.45, 2.75) is 32.0 Å². The van der Waals surface area contributed by atoms with Crippen LogP contribution in [0.15, 0.2) is 0 Å². The zero-order valence-corrected chi connectivity index (χ0v) is 9.56. The van der Waals surface area contributed by atoms with E-state index >= 15 is 0 Å². The molecule has 0 aromatic heterocycles. The number of unbranched alkanes of at least 4 members (excludes halogenated alkanes) is 1. The van der Waals surface area contributed by atoms with Crippen LogP contribution in [0, 0.1) is 0 Å². The molecule has 0 aliphatic carbocycles. The molecule has 0 aromatic carbocycles. The van der Waals surface area contributed by atoms with Gasteiger partial charge in [-0.05, 0) is 24.3 Å². The Balaban J connectivity index is 3.38. The molecule has 0 spiro atoms. The molecule has 4 nitrogen and oxygen atoms in total. The lowest BCUT2D eigenvalue weighted by Crippen LogP contribution is -2.20. The molecule has 0 heterocycles. The van der Waals surface area contributed by atoms with Crippen molar-refractivity contribution in [3.63, 3.8) is 0 Å². The molecule has 1 atom stereocenters. The van der Waals surface area contributed by atoms with E-state index < -0.39 is 13.4 Å². The number of nitrogens with two attached hydrogens (primary N) is 1. The van der Waals surface area contributed by atoms with Crippen LogP contribution in [0.5, 0.6) is 0 Å². The van der Waals surface area contributed by atoms with Gasteiger partial charge in [-0.1, -0.05) is 13.3 Å². The highest BCUT2D eigenvalue weighted by Crippen LogP contribution is 2.39. The number of hydrogen-bond acceptors (Lipinski definition) is 3. The van der Waals surface area contributed by atoms with Crippen LogP contribution in [0.1, 0.15) is 26.2 Å². The SMILES string of the molecule is CCCCSCC[C@H](N)P(=O)(O)O. The zero-order valence-electron chi connectivity index (χ0n) is 7.85. The normalized spacial score (nSPS) is 14.5. The van der Waals surface area contributed by atoms with Gasteiger partial charge in [-0.25, -0.2) is 0 Å². The maximum Gasteiger partial charge on any atom is 0.342 e. The van der Waals surface area contributed by atoms with Gasteiger partial charge in [0.2, 0.25) is 0 Å². The van der Waals surface area contributed by atoms with Gasteiger partial charge in [0.1, 0.15) is 5.78 Å². The summed E-state index contributed by atoms with van der Waals surface area (Å²) in [6.07, 6.45) is 2.69. The molecular weight excluding hydrogens is 209 g/mol. The summed E-state index contributed by atoms with van der Waals surface area (Å²) in [5, 5.41) is 0. The minimum absolute atomic E-state index is 0.388. The molecule has 4 N–H and O–H groups in total. The van der Waals surface area contributed by atoms with Crippen molar-refractivity contribution in [3.8, 4) is 0 Å². The van der Waals surface area contributed by atoms with Crippen molar-refractivity contribution in [3.05, 3.63) is 0 Å². The third-order valence-electron chi connectivity index (χ3n) is 1.63. The molecule has 0 aliphatic rings. The minimum atomic E-state index is -4.05. The molecule has 0 aromatic rings.